The minimum Gasteiger partial charge on any atom is -0.493 e. The van der Waals surface area contributed by atoms with E-state index in [4.69, 9.17) is 21.1 Å². The minimum atomic E-state index is -4.68. The molecule has 4 rings (SSSR count). The van der Waals surface area contributed by atoms with Gasteiger partial charge in [-0.25, -0.2) is 4.68 Å². The van der Waals surface area contributed by atoms with Gasteiger partial charge in [0.2, 0.25) is 5.95 Å². The van der Waals surface area contributed by atoms with Gasteiger partial charge in [-0.1, -0.05) is 29.8 Å². The molecular formula is C20H16ClF3N4O2. The Morgan fingerprint density at radius 1 is 1.07 bits per heavy atom. The van der Waals surface area contributed by atoms with Crippen molar-refractivity contribution in [1.29, 1.82) is 0 Å². The Morgan fingerprint density at radius 2 is 1.80 bits per heavy atom. The van der Waals surface area contributed by atoms with Gasteiger partial charge in [0, 0.05) is 16.3 Å². The van der Waals surface area contributed by atoms with Gasteiger partial charge in [-0.2, -0.15) is 18.2 Å². The lowest BCUT2D eigenvalue weighted by molar-refractivity contribution is -0.145. The van der Waals surface area contributed by atoms with E-state index in [9.17, 15) is 13.2 Å². The standard InChI is InChI=1S/C20H16ClF3N4O2/c1-29-16-8-7-11(9-17(16)30-2)14-10-15(12-5-3-4-6-13(12)21)28-19(25-14)26-18(27-28)20(22,23)24/h3-10,15H,1-2H3,(H,25,26,27)/t15-/m1/s1. The molecule has 0 fully saturated rings. The third kappa shape index (κ3) is 3.56. The first-order valence-corrected chi connectivity index (χ1v) is 9.19. The maximum atomic E-state index is 13.2. The summed E-state index contributed by atoms with van der Waals surface area (Å²) in [5, 5.41) is 7.01. The van der Waals surface area contributed by atoms with E-state index in [-0.39, 0.29) is 5.95 Å². The first-order valence-electron chi connectivity index (χ1n) is 8.81. The number of benzene rings is 2. The number of alkyl halides is 3. The van der Waals surface area contributed by atoms with Crippen LogP contribution in [0.2, 0.25) is 5.02 Å². The van der Waals surface area contributed by atoms with Crippen molar-refractivity contribution >= 4 is 23.2 Å². The molecule has 156 valence electrons. The SMILES string of the molecule is COc1ccc(C2=C[C@H](c3ccccc3Cl)n3nc(C(F)(F)F)nc3N2)cc1OC. The molecule has 2 aromatic carbocycles. The molecule has 2 heterocycles. The molecule has 1 aliphatic heterocycles. The summed E-state index contributed by atoms with van der Waals surface area (Å²) in [6.45, 7) is 0. The fourth-order valence-electron chi connectivity index (χ4n) is 3.22. The highest BCUT2D eigenvalue weighted by molar-refractivity contribution is 6.31. The molecule has 0 saturated heterocycles. The smallest absolute Gasteiger partial charge is 0.453 e. The van der Waals surface area contributed by atoms with Crippen molar-refractivity contribution < 1.29 is 22.6 Å². The number of ether oxygens (including phenoxy) is 2. The van der Waals surface area contributed by atoms with Crippen LogP contribution in [0.15, 0.2) is 48.5 Å². The summed E-state index contributed by atoms with van der Waals surface area (Å²) in [5.41, 5.74) is 1.81. The molecule has 0 aliphatic carbocycles. The van der Waals surface area contributed by atoms with E-state index in [0.29, 0.717) is 33.3 Å². The van der Waals surface area contributed by atoms with Crippen molar-refractivity contribution in [3.8, 4) is 11.5 Å². The van der Waals surface area contributed by atoms with Crippen molar-refractivity contribution in [2.75, 3.05) is 19.5 Å². The van der Waals surface area contributed by atoms with Crippen molar-refractivity contribution in [2.45, 2.75) is 12.2 Å². The monoisotopic (exact) mass is 436 g/mol. The summed E-state index contributed by atoms with van der Waals surface area (Å²) in [4.78, 5) is 3.66. The summed E-state index contributed by atoms with van der Waals surface area (Å²) in [7, 11) is 3.02. The van der Waals surface area contributed by atoms with Crippen molar-refractivity contribution in [3.63, 3.8) is 0 Å². The molecule has 0 saturated carbocycles. The van der Waals surface area contributed by atoms with Crippen LogP contribution in [-0.2, 0) is 6.18 Å². The quantitative estimate of drug-likeness (QED) is 0.622. The second-order valence-corrected chi connectivity index (χ2v) is 6.85. The zero-order valence-corrected chi connectivity index (χ0v) is 16.6. The van der Waals surface area contributed by atoms with Crippen molar-refractivity contribution in [2.24, 2.45) is 0 Å². The number of hydrogen-bond donors (Lipinski definition) is 1. The Bertz CT molecular complexity index is 1130. The molecule has 0 bridgehead atoms. The van der Waals surface area contributed by atoms with E-state index in [2.05, 4.69) is 15.4 Å². The zero-order valence-electron chi connectivity index (χ0n) is 15.9. The van der Waals surface area contributed by atoms with Gasteiger partial charge in [0.05, 0.1) is 14.2 Å². The van der Waals surface area contributed by atoms with Gasteiger partial charge in [0.1, 0.15) is 6.04 Å². The molecule has 0 radical (unpaired) electrons. The van der Waals surface area contributed by atoms with Gasteiger partial charge < -0.3 is 14.8 Å². The molecule has 3 aromatic rings. The number of aromatic nitrogens is 3. The number of halogens is 4. The molecule has 1 N–H and O–H groups in total. The third-order valence-electron chi connectivity index (χ3n) is 4.64. The Morgan fingerprint density at radius 3 is 2.47 bits per heavy atom. The number of rotatable bonds is 4. The molecule has 1 aliphatic rings. The van der Waals surface area contributed by atoms with E-state index < -0.39 is 18.0 Å². The van der Waals surface area contributed by atoms with Crippen LogP contribution >= 0.6 is 11.6 Å². The largest absolute Gasteiger partial charge is 0.493 e. The third-order valence-corrected chi connectivity index (χ3v) is 4.98. The first-order chi connectivity index (χ1) is 14.3. The summed E-state index contributed by atoms with van der Waals surface area (Å²) in [5.74, 6) is -0.263. The van der Waals surface area contributed by atoms with Crippen LogP contribution in [-0.4, -0.2) is 29.0 Å². The van der Waals surface area contributed by atoms with E-state index in [1.165, 1.54) is 18.9 Å². The van der Waals surface area contributed by atoms with E-state index in [1.54, 1.807) is 48.5 Å². The molecule has 0 amide bonds. The molecule has 1 aromatic heterocycles. The minimum absolute atomic E-state index is 0.0421. The number of nitrogens with zero attached hydrogens (tertiary/aromatic N) is 3. The number of fused-ring (bicyclic) bond motifs is 1. The highest BCUT2D eigenvalue weighted by Gasteiger charge is 2.39. The number of hydrogen-bond acceptors (Lipinski definition) is 5. The van der Waals surface area contributed by atoms with Crippen LogP contribution in [0.1, 0.15) is 23.0 Å². The second kappa shape index (κ2) is 7.56. The Kier molecular flexibility index (Phi) is 5.07. The molecule has 0 unspecified atom stereocenters. The first kappa shape index (κ1) is 20.1. The average molecular weight is 437 g/mol. The highest BCUT2D eigenvalue weighted by Crippen LogP contribution is 2.39. The van der Waals surface area contributed by atoms with Crippen LogP contribution in [0.25, 0.3) is 5.70 Å². The van der Waals surface area contributed by atoms with Gasteiger partial charge in [-0.15, -0.1) is 5.10 Å². The molecule has 10 heteroatoms. The van der Waals surface area contributed by atoms with Gasteiger partial charge >= 0.3 is 6.18 Å². The Balaban J connectivity index is 1.86. The van der Waals surface area contributed by atoms with E-state index in [1.807, 2.05) is 0 Å². The predicted octanol–water partition coefficient (Wildman–Crippen LogP) is 5.02. The number of anilines is 1. The second-order valence-electron chi connectivity index (χ2n) is 6.44. The Hall–Kier alpha value is -3.20. The molecule has 0 spiro atoms. The summed E-state index contributed by atoms with van der Waals surface area (Å²) >= 11 is 6.33. The number of nitrogens with one attached hydrogen (secondary N) is 1. The van der Waals surface area contributed by atoms with Gasteiger partial charge in [0.15, 0.2) is 11.5 Å². The van der Waals surface area contributed by atoms with Crippen LogP contribution < -0.4 is 14.8 Å². The summed E-state index contributed by atoms with van der Waals surface area (Å²) in [6, 6.07) is 11.4. The van der Waals surface area contributed by atoms with E-state index in [0.717, 1.165) is 0 Å². The van der Waals surface area contributed by atoms with Crippen LogP contribution in [0.3, 0.4) is 0 Å². The average Bonchev–Trinajstić information content (AvgIpc) is 3.18. The van der Waals surface area contributed by atoms with Gasteiger partial charge in [-0.05, 0) is 35.9 Å². The lowest BCUT2D eigenvalue weighted by Gasteiger charge is -2.25. The predicted molar refractivity (Wildman–Crippen MR) is 106 cm³/mol. The Labute approximate surface area is 174 Å². The van der Waals surface area contributed by atoms with Gasteiger partial charge in [-0.3, -0.25) is 0 Å². The summed E-state index contributed by atoms with van der Waals surface area (Å²) in [6.07, 6.45) is -2.94. The number of methoxy groups -OCH3 is 2. The normalized spacial score (nSPS) is 15.8. The van der Waals surface area contributed by atoms with Crippen LogP contribution in [0.5, 0.6) is 11.5 Å². The number of allylic oxidation sites excluding steroid dienone is 1. The van der Waals surface area contributed by atoms with Crippen LogP contribution in [0.4, 0.5) is 19.1 Å². The zero-order chi connectivity index (χ0) is 21.5. The summed E-state index contributed by atoms with van der Waals surface area (Å²) < 4.78 is 51.5. The molecule has 6 nitrogen and oxygen atoms in total. The van der Waals surface area contributed by atoms with Crippen molar-refractivity contribution in [1.82, 2.24) is 14.8 Å². The molecule has 30 heavy (non-hydrogen) atoms. The van der Waals surface area contributed by atoms with Crippen molar-refractivity contribution in [3.05, 3.63) is 70.5 Å². The van der Waals surface area contributed by atoms with Crippen LogP contribution in [0, 0.1) is 0 Å². The maximum absolute atomic E-state index is 13.2. The fourth-order valence-corrected chi connectivity index (χ4v) is 3.47. The lowest BCUT2D eigenvalue weighted by Crippen LogP contribution is -2.20. The maximum Gasteiger partial charge on any atom is 0.453 e. The molecular weight excluding hydrogens is 421 g/mol. The lowest BCUT2D eigenvalue weighted by atomic mass is 10.0. The fraction of sp³-hybridized carbons (Fsp3) is 0.200. The van der Waals surface area contributed by atoms with Gasteiger partial charge in [0.25, 0.3) is 5.82 Å². The van der Waals surface area contributed by atoms with E-state index >= 15 is 0 Å². The topological polar surface area (TPSA) is 61.2 Å². The highest BCUT2D eigenvalue weighted by atomic mass is 35.5. The molecule has 1 atom stereocenters.